The summed E-state index contributed by atoms with van der Waals surface area (Å²) in [6.07, 6.45) is 2.65. The summed E-state index contributed by atoms with van der Waals surface area (Å²) in [6, 6.07) is 0.710. The monoisotopic (exact) mass is 216 g/mol. The van der Waals surface area contributed by atoms with Crippen LogP contribution in [0.1, 0.15) is 26.7 Å². The molecule has 1 heterocycles. The molecule has 1 aliphatic rings. The van der Waals surface area contributed by atoms with E-state index in [0.29, 0.717) is 6.04 Å². The van der Waals surface area contributed by atoms with Crippen molar-refractivity contribution in [1.29, 1.82) is 0 Å². The molecule has 1 aliphatic heterocycles. The van der Waals surface area contributed by atoms with Crippen molar-refractivity contribution in [2.45, 2.75) is 32.7 Å². The first kappa shape index (κ1) is 12.0. The normalized spacial score (nSPS) is 24.5. The number of rotatable bonds is 5. The topological polar surface area (TPSA) is 15.3 Å². The molecule has 14 heavy (non-hydrogen) atoms. The van der Waals surface area contributed by atoms with Crippen molar-refractivity contribution in [3.63, 3.8) is 0 Å². The van der Waals surface area contributed by atoms with Gasteiger partial charge in [0, 0.05) is 24.7 Å². The Hall–Kier alpha value is -0.0500. The van der Waals surface area contributed by atoms with Gasteiger partial charge in [0.1, 0.15) is 0 Å². The van der Waals surface area contributed by atoms with Crippen LogP contribution in [0.5, 0.6) is 0 Å². The van der Waals surface area contributed by atoms with Crippen LogP contribution in [0, 0.1) is 0 Å². The van der Waals surface area contributed by atoms with Crippen LogP contribution >= 0.6 is 11.6 Å². The minimum atomic E-state index is 0.710. The van der Waals surface area contributed by atoms with Crippen molar-refractivity contribution in [2.24, 2.45) is 0 Å². The number of nitrogens with zero attached hydrogens (tertiary/aromatic N) is 1. The number of hydrogen-bond donors (Lipinski definition) is 1. The van der Waals surface area contributed by atoms with Gasteiger partial charge in [-0.15, -0.1) is 0 Å². The van der Waals surface area contributed by atoms with Crippen LogP contribution in [-0.2, 0) is 0 Å². The fourth-order valence-corrected chi connectivity index (χ4v) is 2.07. The highest BCUT2D eigenvalue weighted by Gasteiger charge is 2.23. The van der Waals surface area contributed by atoms with Gasteiger partial charge in [0.05, 0.1) is 0 Å². The van der Waals surface area contributed by atoms with Gasteiger partial charge < -0.3 is 5.32 Å². The van der Waals surface area contributed by atoms with Crippen molar-refractivity contribution in [3.05, 3.63) is 11.1 Å². The van der Waals surface area contributed by atoms with Gasteiger partial charge in [-0.1, -0.05) is 18.5 Å². The van der Waals surface area contributed by atoms with Gasteiger partial charge >= 0.3 is 0 Å². The van der Waals surface area contributed by atoms with E-state index in [-0.39, 0.29) is 0 Å². The molecular weight excluding hydrogens is 196 g/mol. The zero-order valence-corrected chi connectivity index (χ0v) is 9.98. The Bertz CT molecular complexity index is 192. The Morgan fingerprint density at radius 3 is 3.07 bits per heavy atom. The molecule has 2 nitrogen and oxygen atoms in total. The number of hydrogen-bond acceptors (Lipinski definition) is 2. The first-order valence-corrected chi connectivity index (χ1v) is 5.92. The summed E-state index contributed by atoms with van der Waals surface area (Å²) < 4.78 is 0. The molecule has 0 spiro atoms. The largest absolute Gasteiger partial charge is 0.315 e. The van der Waals surface area contributed by atoms with Crippen molar-refractivity contribution in [3.8, 4) is 0 Å². The second-order valence-corrected chi connectivity index (χ2v) is 4.25. The van der Waals surface area contributed by atoms with Gasteiger partial charge in [-0.2, -0.15) is 0 Å². The number of likely N-dealkylation sites (tertiary alicyclic amines) is 1. The zero-order valence-electron chi connectivity index (χ0n) is 9.22. The van der Waals surface area contributed by atoms with Gasteiger partial charge in [-0.25, -0.2) is 0 Å². The molecule has 0 aromatic carbocycles. The quantitative estimate of drug-likeness (QED) is 0.758. The molecule has 0 aliphatic carbocycles. The maximum Gasteiger partial charge on any atom is 0.0224 e. The first-order valence-electron chi connectivity index (χ1n) is 5.48. The molecule has 0 bridgehead atoms. The van der Waals surface area contributed by atoms with Crippen LogP contribution in [0.15, 0.2) is 11.1 Å². The predicted molar refractivity (Wildman–Crippen MR) is 62.7 cm³/mol. The van der Waals surface area contributed by atoms with Crippen LogP contribution in [0.2, 0.25) is 0 Å². The molecule has 0 aromatic heterocycles. The second kappa shape index (κ2) is 6.44. The third kappa shape index (κ3) is 3.60. The van der Waals surface area contributed by atoms with Gasteiger partial charge in [0.25, 0.3) is 0 Å². The summed E-state index contributed by atoms with van der Waals surface area (Å²) in [6.45, 7) is 8.68. The standard InChI is InChI=1S/C11H21ClN2/c1-3-13-8-11-5-4-6-14(11)9-10(2)7-12/h7,11,13H,3-6,8-9H2,1-2H3. The van der Waals surface area contributed by atoms with E-state index in [1.165, 1.54) is 25.0 Å². The molecule has 1 rings (SSSR count). The molecule has 0 amide bonds. The maximum atomic E-state index is 5.68. The Morgan fingerprint density at radius 2 is 2.43 bits per heavy atom. The van der Waals surface area contributed by atoms with Gasteiger partial charge in [-0.3, -0.25) is 4.90 Å². The number of nitrogens with one attached hydrogen (secondary N) is 1. The van der Waals surface area contributed by atoms with E-state index in [0.717, 1.165) is 19.6 Å². The summed E-state index contributed by atoms with van der Waals surface area (Å²) in [4.78, 5) is 2.52. The molecule has 1 fully saturated rings. The van der Waals surface area contributed by atoms with E-state index >= 15 is 0 Å². The number of halogens is 1. The van der Waals surface area contributed by atoms with Crippen LogP contribution in [0.25, 0.3) is 0 Å². The Labute approximate surface area is 92.3 Å². The zero-order chi connectivity index (χ0) is 10.4. The fourth-order valence-electron chi connectivity index (χ4n) is 2.00. The van der Waals surface area contributed by atoms with Crippen molar-refractivity contribution in [2.75, 3.05) is 26.2 Å². The van der Waals surface area contributed by atoms with E-state index in [1.807, 2.05) is 0 Å². The second-order valence-electron chi connectivity index (χ2n) is 4.03. The van der Waals surface area contributed by atoms with Crippen LogP contribution < -0.4 is 5.32 Å². The highest BCUT2D eigenvalue weighted by molar-refractivity contribution is 6.25. The van der Waals surface area contributed by atoms with Gasteiger partial charge in [0.2, 0.25) is 0 Å². The Kier molecular flexibility index (Phi) is 5.53. The maximum absolute atomic E-state index is 5.68. The average Bonchev–Trinajstić information content (AvgIpc) is 2.62. The lowest BCUT2D eigenvalue weighted by atomic mass is 10.2. The Morgan fingerprint density at radius 1 is 1.64 bits per heavy atom. The average molecular weight is 217 g/mol. The summed E-state index contributed by atoms with van der Waals surface area (Å²) in [5.74, 6) is 0. The van der Waals surface area contributed by atoms with Crippen molar-refractivity contribution < 1.29 is 0 Å². The SMILES string of the molecule is CCNCC1CCCN1CC(C)=CCl. The van der Waals surface area contributed by atoms with Crippen LogP contribution in [0.4, 0.5) is 0 Å². The third-order valence-electron chi connectivity index (χ3n) is 2.77. The van der Waals surface area contributed by atoms with E-state index in [9.17, 15) is 0 Å². The lowest BCUT2D eigenvalue weighted by Crippen LogP contribution is -2.38. The third-order valence-corrected chi connectivity index (χ3v) is 3.14. The molecular formula is C11H21ClN2. The number of likely N-dealkylation sites (N-methyl/N-ethyl adjacent to an activating group) is 1. The molecule has 1 saturated heterocycles. The lowest BCUT2D eigenvalue weighted by molar-refractivity contribution is 0.268. The summed E-state index contributed by atoms with van der Waals surface area (Å²) in [7, 11) is 0. The van der Waals surface area contributed by atoms with Gasteiger partial charge in [-0.05, 0) is 38.4 Å². The molecule has 0 radical (unpaired) electrons. The fraction of sp³-hybridized carbons (Fsp3) is 0.818. The van der Waals surface area contributed by atoms with E-state index < -0.39 is 0 Å². The highest BCUT2D eigenvalue weighted by Crippen LogP contribution is 2.17. The van der Waals surface area contributed by atoms with Gasteiger partial charge in [0.15, 0.2) is 0 Å². The molecule has 0 aromatic rings. The van der Waals surface area contributed by atoms with Crippen molar-refractivity contribution in [1.82, 2.24) is 10.2 Å². The van der Waals surface area contributed by atoms with Crippen molar-refractivity contribution >= 4 is 11.6 Å². The Balaban J connectivity index is 2.35. The van der Waals surface area contributed by atoms with Crippen LogP contribution in [-0.4, -0.2) is 37.1 Å². The minimum Gasteiger partial charge on any atom is -0.315 e. The first-order chi connectivity index (χ1) is 6.77. The molecule has 0 saturated carbocycles. The molecule has 82 valence electrons. The van der Waals surface area contributed by atoms with E-state index in [4.69, 9.17) is 11.6 Å². The molecule has 1 atom stereocenters. The van der Waals surface area contributed by atoms with E-state index in [2.05, 4.69) is 24.1 Å². The summed E-state index contributed by atoms with van der Waals surface area (Å²) >= 11 is 5.68. The summed E-state index contributed by atoms with van der Waals surface area (Å²) in [5, 5.41) is 3.42. The molecule has 1 N–H and O–H groups in total. The van der Waals surface area contributed by atoms with E-state index in [1.54, 1.807) is 5.54 Å². The van der Waals surface area contributed by atoms with Crippen LogP contribution in [0.3, 0.4) is 0 Å². The lowest BCUT2D eigenvalue weighted by Gasteiger charge is -2.24. The smallest absolute Gasteiger partial charge is 0.0224 e. The highest BCUT2D eigenvalue weighted by atomic mass is 35.5. The molecule has 3 heteroatoms. The minimum absolute atomic E-state index is 0.710. The predicted octanol–water partition coefficient (Wildman–Crippen LogP) is 2.20. The molecule has 1 unspecified atom stereocenters. The summed E-state index contributed by atoms with van der Waals surface area (Å²) in [5.41, 5.74) is 2.96.